The first-order valence-electron chi connectivity index (χ1n) is 11.3. The predicted octanol–water partition coefficient (Wildman–Crippen LogP) is 6.47. The summed E-state index contributed by atoms with van der Waals surface area (Å²) in [5.41, 5.74) is 1.83. The third-order valence-corrected chi connectivity index (χ3v) is 5.79. The van der Waals surface area contributed by atoms with Crippen molar-refractivity contribution in [3.8, 4) is 16.9 Å². The number of benzene rings is 2. The van der Waals surface area contributed by atoms with Gasteiger partial charge in [-0.2, -0.15) is 0 Å². The Bertz CT molecular complexity index is 837. The molecular formula is C26H31FO4. The van der Waals surface area contributed by atoms with Gasteiger partial charge in [-0.05, 0) is 67.5 Å². The molecule has 0 atom stereocenters. The molecule has 0 amide bonds. The fraction of sp³-hybridized carbons (Fsp3) is 0.462. The summed E-state index contributed by atoms with van der Waals surface area (Å²) in [5, 5.41) is 0. The fourth-order valence-corrected chi connectivity index (χ4v) is 3.91. The van der Waals surface area contributed by atoms with E-state index in [2.05, 4.69) is 6.92 Å². The molecule has 0 bridgehead atoms. The Morgan fingerprint density at radius 2 is 1.48 bits per heavy atom. The lowest BCUT2D eigenvalue weighted by Crippen LogP contribution is -2.30. The second-order valence-electron chi connectivity index (χ2n) is 8.23. The number of esters is 2. The topological polar surface area (TPSA) is 52.6 Å². The maximum Gasteiger partial charge on any atom is 0.314 e. The van der Waals surface area contributed by atoms with Gasteiger partial charge in [0.25, 0.3) is 0 Å². The summed E-state index contributed by atoms with van der Waals surface area (Å²) in [7, 11) is 0. The lowest BCUT2D eigenvalue weighted by Gasteiger charge is -2.27. The van der Waals surface area contributed by atoms with Crippen LogP contribution >= 0.6 is 0 Å². The lowest BCUT2D eigenvalue weighted by atomic mass is 9.87. The minimum absolute atomic E-state index is 0.0854. The van der Waals surface area contributed by atoms with Gasteiger partial charge in [0.05, 0.1) is 5.92 Å². The quantitative estimate of drug-likeness (QED) is 0.262. The third-order valence-electron chi connectivity index (χ3n) is 5.79. The van der Waals surface area contributed by atoms with Crippen molar-refractivity contribution >= 4 is 11.9 Å². The molecule has 0 aromatic heterocycles. The summed E-state index contributed by atoms with van der Waals surface area (Å²) in [4.78, 5) is 24.5. The molecule has 5 heteroatoms. The van der Waals surface area contributed by atoms with Gasteiger partial charge < -0.3 is 9.47 Å². The number of carbonyl (C=O) groups is 2. The van der Waals surface area contributed by atoms with Crippen molar-refractivity contribution < 1.29 is 23.5 Å². The highest BCUT2D eigenvalue weighted by Crippen LogP contribution is 2.29. The van der Waals surface area contributed by atoms with Gasteiger partial charge in [0.15, 0.2) is 0 Å². The van der Waals surface area contributed by atoms with Crippen LogP contribution in [0.1, 0.15) is 64.7 Å². The van der Waals surface area contributed by atoms with E-state index in [4.69, 9.17) is 9.47 Å². The monoisotopic (exact) mass is 426 g/mol. The molecule has 31 heavy (non-hydrogen) atoms. The van der Waals surface area contributed by atoms with Crippen molar-refractivity contribution in [3.05, 3.63) is 54.3 Å². The molecule has 0 aliphatic heterocycles. The van der Waals surface area contributed by atoms with E-state index >= 15 is 0 Å². The molecule has 0 unspecified atom stereocenters. The molecule has 1 saturated carbocycles. The maximum absolute atomic E-state index is 13.1. The zero-order chi connectivity index (χ0) is 22.1. The molecule has 1 fully saturated rings. The highest BCUT2D eigenvalue weighted by Gasteiger charge is 2.29. The van der Waals surface area contributed by atoms with Crippen LogP contribution in [0.5, 0.6) is 5.75 Å². The predicted molar refractivity (Wildman–Crippen MR) is 118 cm³/mol. The number of hydrogen-bond donors (Lipinski definition) is 0. The molecule has 2 aromatic carbocycles. The van der Waals surface area contributed by atoms with Gasteiger partial charge in [-0.3, -0.25) is 9.59 Å². The molecule has 0 saturated heterocycles. The fourth-order valence-electron chi connectivity index (χ4n) is 3.91. The van der Waals surface area contributed by atoms with Gasteiger partial charge in [0.2, 0.25) is 0 Å². The van der Waals surface area contributed by atoms with Crippen LogP contribution < -0.4 is 4.74 Å². The van der Waals surface area contributed by atoms with Crippen molar-refractivity contribution in [3.63, 3.8) is 0 Å². The van der Waals surface area contributed by atoms with Gasteiger partial charge in [0.1, 0.15) is 17.7 Å². The molecule has 3 rings (SSSR count). The summed E-state index contributed by atoms with van der Waals surface area (Å²) < 4.78 is 24.2. The molecule has 166 valence electrons. The van der Waals surface area contributed by atoms with Crippen LogP contribution in [0.15, 0.2) is 48.5 Å². The second-order valence-corrected chi connectivity index (χ2v) is 8.23. The van der Waals surface area contributed by atoms with Crippen molar-refractivity contribution in [2.45, 2.75) is 70.8 Å². The largest absolute Gasteiger partial charge is 0.462 e. The summed E-state index contributed by atoms with van der Waals surface area (Å²) in [6.45, 7) is 2.14. The first-order valence-corrected chi connectivity index (χ1v) is 11.3. The Labute approximate surface area is 183 Å². The molecule has 4 nitrogen and oxygen atoms in total. The standard InChI is InChI=1S/C26H31FO4/c1-2-3-4-5-6-25(28)30-23-17-11-21(12-18-23)26(29)31-24-15-9-20(10-16-24)19-7-13-22(27)14-8-19/h7-10,13-16,21,23H,2-6,11-12,17-18H2,1H3. The summed E-state index contributed by atoms with van der Waals surface area (Å²) in [6, 6.07) is 13.5. The van der Waals surface area contributed by atoms with E-state index in [0.717, 1.165) is 36.8 Å². The third kappa shape index (κ3) is 7.20. The highest BCUT2D eigenvalue weighted by atomic mass is 19.1. The summed E-state index contributed by atoms with van der Waals surface area (Å²) in [6.07, 6.45) is 7.37. The van der Waals surface area contributed by atoms with Gasteiger partial charge in [-0.15, -0.1) is 0 Å². The Hall–Kier alpha value is -2.69. The van der Waals surface area contributed by atoms with Crippen molar-refractivity contribution in [1.29, 1.82) is 0 Å². The van der Waals surface area contributed by atoms with E-state index in [1.54, 1.807) is 24.3 Å². The van der Waals surface area contributed by atoms with E-state index in [0.29, 0.717) is 37.9 Å². The van der Waals surface area contributed by atoms with Gasteiger partial charge in [-0.25, -0.2) is 4.39 Å². The summed E-state index contributed by atoms with van der Waals surface area (Å²) in [5.74, 6) is -0.305. The molecule has 0 spiro atoms. The number of unbranched alkanes of at least 4 members (excludes halogenated alkanes) is 3. The number of halogens is 1. The second kappa shape index (κ2) is 11.6. The van der Waals surface area contributed by atoms with E-state index in [1.165, 1.54) is 12.1 Å². The highest BCUT2D eigenvalue weighted by molar-refractivity contribution is 5.75. The molecule has 0 radical (unpaired) electrons. The molecule has 1 aliphatic rings. The SMILES string of the molecule is CCCCCCC(=O)OC1CCC(C(=O)Oc2ccc(-c3ccc(F)cc3)cc2)CC1. The zero-order valence-corrected chi connectivity index (χ0v) is 18.1. The lowest BCUT2D eigenvalue weighted by molar-refractivity contribution is -0.152. The minimum Gasteiger partial charge on any atom is -0.462 e. The first-order chi connectivity index (χ1) is 15.0. The Morgan fingerprint density at radius 1 is 0.871 bits per heavy atom. The van der Waals surface area contributed by atoms with Crippen LogP contribution in [0.25, 0.3) is 11.1 Å². The number of hydrogen-bond acceptors (Lipinski definition) is 4. The maximum atomic E-state index is 13.1. The number of rotatable bonds is 9. The molecule has 0 heterocycles. The first kappa shape index (κ1) is 23.0. The Morgan fingerprint density at radius 3 is 2.10 bits per heavy atom. The van der Waals surface area contributed by atoms with E-state index in [-0.39, 0.29) is 29.8 Å². The average molecular weight is 427 g/mol. The number of ether oxygens (including phenoxy) is 2. The van der Waals surface area contributed by atoms with Crippen molar-refractivity contribution in [2.75, 3.05) is 0 Å². The van der Waals surface area contributed by atoms with E-state index in [1.807, 2.05) is 12.1 Å². The van der Waals surface area contributed by atoms with Crippen molar-refractivity contribution in [2.24, 2.45) is 5.92 Å². The van der Waals surface area contributed by atoms with Crippen molar-refractivity contribution in [1.82, 2.24) is 0 Å². The number of carbonyl (C=O) groups excluding carboxylic acids is 2. The molecular weight excluding hydrogens is 395 g/mol. The van der Waals surface area contributed by atoms with Crippen LogP contribution in [0.3, 0.4) is 0 Å². The van der Waals surface area contributed by atoms with Gasteiger partial charge >= 0.3 is 11.9 Å². The smallest absolute Gasteiger partial charge is 0.314 e. The molecule has 1 aliphatic carbocycles. The van der Waals surface area contributed by atoms with Gasteiger partial charge in [0, 0.05) is 6.42 Å². The van der Waals surface area contributed by atoms with Gasteiger partial charge in [-0.1, -0.05) is 50.5 Å². The van der Waals surface area contributed by atoms with E-state index in [9.17, 15) is 14.0 Å². The van der Waals surface area contributed by atoms with Crippen LogP contribution in [-0.4, -0.2) is 18.0 Å². The Balaban J connectivity index is 1.41. The zero-order valence-electron chi connectivity index (χ0n) is 18.1. The van der Waals surface area contributed by atoms with Crippen LogP contribution in [0.2, 0.25) is 0 Å². The minimum atomic E-state index is -0.272. The van der Waals surface area contributed by atoms with Crippen LogP contribution in [-0.2, 0) is 14.3 Å². The van der Waals surface area contributed by atoms with Crippen LogP contribution in [0.4, 0.5) is 4.39 Å². The normalized spacial score (nSPS) is 18.4. The van der Waals surface area contributed by atoms with Crippen LogP contribution in [0, 0.1) is 11.7 Å². The average Bonchev–Trinajstić information content (AvgIpc) is 2.78. The molecule has 2 aromatic rings. The van der Waals surface area contributed by atoms with E-state index < -0.39 is 0 Å². The molecule has 0 N–H and O–H groups in total. The Kier molecular flexibility index (Phi) is 8.63. The summed E-state index contributed by atoms with van der Waals surface area (Å²) >= 11 is 0.